The van der Waals surface area contributed by atoms with Crippen molar-refractivity contribution in [3.05, 3.63) is 22.1 Å². The van der Waals surface area contributed by atoms with Crippen molar-refractivity contribution in [2.75, 3.05) is 0 Å². The van der Waals surface area contributed by atoms with Crippen molar-refractivity contribution in [1.29, 1.82) is 0 Å². The summed E-state index contributed by atoms with van der Waals surface area (Å²) in [7, 11) is 0. The average molecular weight is 170 g/mol. The van der Waals surface area contributed by atoms with E-state index in [1.807, 2.05) is 5.92 Å². The lowest BCUT2D eigenvalue weighted by Crippen LogP contribution is -1.85. The van der Waals surface area contributed by atoms with E-state index in [9.17, 15) is 9.18 Å². The lowest BCUT2D eigenvalue weighted by atomic mass is 10.4. The Morgan fingerprint density at radius 3 is 2.82 bits per heavy atom. The van der Waals surface area contributed by atoms with Crippen molar-refractivity contribution < 1.29 is 14.3 Å². The second kappa shape index (κ2) is 3.17. The largest absolute Gasteiger partial charge is 0.472 e. The first-order chi connectivity index (χ1) is 5.18. The molecule has 0 atom stereocenters. The van der Waals surface area contributed by atoms with Gasteiger partial charge in [-0.25, -0.2) is 4.79 Å². The minimum atomic E-state index is -1.21. The Labute approximate surface area is 66.3 Å². The fourth-order valence-corrected chi connectivity index (χ4v) is 1.08. The number of aliphatic carboxylic acids is 1. The van der Waals surface area contributed by atoms with Gasteiger partial charge >= 0.3 is 5.97 Å². The maximum atomic E-state index is 12.3. The Morgan fingerprint density at radius 2 is 2.36 bits per heavy atom. The van der Waals surface area contributed by atoms with Crippen LogP contribution in [-0.2, 0) is 4.79 Å². The molecular formula is C7H3FO2S. The third kappa shape index (κ3) is 2.40. The summed E-state index contributed by atoms with van der Waals surface area (Å²) in [6.07, 6.45) is 0. The number of rotatable bonds is 0. The second-order valence-electron chi connectivity index (χ2n) is 1.66. The van der Waals surface area contributed by atoms with E-state index in [1.54, 1.807) is 0 Å². The number of carbonyl (C=O) groups is 1. The molecule has 0 aliphatic heterocycles. The highest BCUT2D eigenvalue weighted by molar-refractivity contribution is 7.10. The quantitative estimate of drug-likeness (QED) is 0.596. The highest BCUT2D eigenvalue weighted by Gasteiger charge is 1.94. The molecule has 1 N–H and O–H groups in total. The number of hydrogen-bond acceptors (Lipinski definition) is 2. The molecule has 0 bridgehead atoms. The third-order valence-corrected chi connectivity index (χ3v) is 1.65. The average Bonchev–Trinajstić information content (AvgIpc) is 2.31. The van der Waals surface area contributed by atoms with Gasteiger partial charge in [0.1, 0.15) is 0 Å². The van der Waals surface area contributed by atoms with Crippen molar-refractivity contribution in [1.82, 2.24) is 0 Å². The molecule has 0 aliphatic carbocycles. The molecule has 0 aliphatic rings. The Bertz CT molecular complexity index is 332. The Kier molecular flexibility index (Phi) is 2.24. The second-order valence-corrected chi connectivity index (χ2v) is 2.69. The Balaban J connectivity index is 2.82. The van der Waals surface area contributed by atoms with Crippen LogP contribution in [0, 0.1) is 17.0 Å². The smallest absolute Gasteiger partial charge is 0.382 e. The Hall–Kier alpha value is -1.34. The van der Waals surface area contributed by atoms with Crippen LogP contribution in [0.4, 0.5) is 4.39 Å². The van der Waals surface area contributed by atoms with Crippen molar-refractivity contribution in [3.8, 4) is 11.8 Å². The molecule has 0 spiro atoms. The highest BCUT2D eigenvalue weighted by atomic mass is 32.1. The maximum absolute atomic E-state index is 12.3. The molecule has 1 aromatic heterocycles. The standard InChI is InChI=1S/C7H3FO2S/c8-6-3-1-5(11-6)2-4-7(9)10/h1,3H,(H,9,10). The SMILES string of the molecule is O=C(O)C#Cc1ccc(F)s1. The summed E-state index contributed by atoms with van der Waals surface area (Å²) in [6, 6.07) is 2.69. The summed E-state index contributed by atoms with van der Waals surface area (Å²) in [5.74, 6) is 2.97. The van der Waals surface area contributed by atoms with Crippen LogP contribution >= 0.6 is 11.3 Å². The molecule has 1 heterocycles. The van der Waals surface area contributed by atoms with Crippen molar-refractivity contribution in [2.24, 2.45) is 0 Å². The topological polar surface area (TPSA) is 37.3 Å². The van der Waals surface area contributed by atoms with Gasteiger partial charge in [-0.2, -0.15) is 4.39 Å². The molecule has 0 unspecified atom stereocenters. The molecular weight excluding hydrogens is 167 g/mol. The number of carboxylic acid groups (broad SMARTS) is 1. The summed E-state index contributed by atoms with van der Waals surface area (Å²) >= 11 is 0.826. The zero-order valence-corrected chi connectivity index (χ0v) is 6.11. The zero-order chi connectivity index (χ0) is 8.27. The molecule has 1 rings (SSSR count). The predicted molar refractivity (Wildman–Crippen MR) is 38.8 cm³/mol. The first kappa shape index (κ1) is 7.76. The van der Waals surface area contributed by atoms with E-state index in [0.29, 0.717) is 4.88 Å². The summed E-state index contributed by atoms with van der Waals surface area (Å²) in [5.41, 5.74) is 0. The van der Waals surface area contributed by atoms with Crippen molar-refractivity contribution >= 4 is 17.3 Å². The molecule has 0 fully saturated rings. The lowest BCUT2D eigenvalue weighted by molar-refractivity contribution is -0.130. The first-order valence-electron chi connectivity index (χ1n) is 2.69. The minimum absolute atomic E-state index is 0.361. The number of thiophene rings is 1. The van der Waals surface area contributed by atoms with E-state index in [4.69, 9.17) is 5.11 Å². The molecule has 0 radical (unpaired) electrons. The summed E-state index contributed by atoms with van der Waals surface area (Å²) in [6.45, 7) is 0. The van der Waals surface area contributed by atoms with Crippen LogP contribution in [0.5, 0.6) is 0 Å². The monoisotopic (exact) mass is 170 g/mol. The molecule has 0 saturated carbocycles. The predicted octanol–water partition coefficient (Wildman–Crippen LogP) is 1.32. The molecule has 0 aromatic carbocycles. The molecule has 0 saturated heterocycles. The maximum Gasteiger partial charge on any atom is 0.382 e. The molecule has 0 amide bonds. The van der Waals surface area contributed by atoms with Crippen LogP contribution in [0.25, 0.3) is 0 Å². The minimum Gasteiger partial charge on any atom is -0.472 e. The van der Waals surface area contributed by atoms with Gasteiger partial charge in [-0.3, -0.25) is 0 Å². The van der Waals surface area contributed by atoms with E-state index in [-0.39, 0.29) is 5.13 Å². The summed E-state index contributed by atoms with van der Waals surface area (Å²) in [5, 5.41) is 7.76. The molecule has 11 heavy (non-hydrogen) atoms. The van der Waals surface area contributed by atoms with Gasteiger partial charge in [0.05, 0.1) is 4.88 Å². The molecule has 56 valence electrons. The van der Waals surface area contributed by atoms with Crippen LogP contribution in [0.1, 0.15) is 4.88 Å². The van der Waals surface area contributed by atoms with Gasteiger partial charge in [-0.1, -0.05) is 11.3 Å². The van der Waals surface area contributed by atoms with E-state index in [0.717, 1.165) is 11.3 Å². The van der Waals surface area contributed by atoms with Gasteiger partial charge in [0, 0.05) is 5.92 Å². The van der Waals surface area contributed by atoms with E-state index >= 15 is 0 Å². The third-order valence-electron chi connectivity index (χ3n) is 0.866. The molecule has 2 nitrogen and oxygen atoms in total. The van der Waals surface area contributed by atoms with Gasteiger partial charge in [0.15, 0.2) is 5.13 Å². The fraction of sp³-hybridized carbons (Fsp3) is 0. The lowest BCUT2D eigenvalue weighted by Gasteiger charge is -1.73. The van der Waals surface area contributed by atoms with Gasteiger partial charge in [0.25, 0.3) is 0 Å². The van der Waals surface area contributed by atoms with Crippen LogP contribution < -0.4 is 0 Å². The highest BCUT2D eigenvalue weighted by Crippen LogP contribution is 2.12. The first-order valence-corrected chi connectivity index (χ1v) is 3.50. The number of halogens is 1. The van der Waals surface area contributed by atoms with Crippen molar-refractivity contribution in [3.63, 3.8) is 0 Å². The van der Waals surface area contributed by atoms with Gasteiger partial charge < -0.3 is 5.11 Å². The van der Waals surface area contributed by atoms with E-state index in [2.05, 4.69) is 5.92 Å². The van der Waals surface area contributed by atoms with Crippen LogP contribution in [0.15, 0.2) is 12.1 Å². The summed E-state index contributed by atoms with van der Waals surface area (Å²) in [4.78, 5) is 10.3. The van der Waals surface area contributed by atoms with E-state index in [1.165, 1.54) is 12.1 Å². The summed E-state index contributed by atoms with van der Waals surface area (Å²) < 4.78 is 12.3. The van der Waals surface area contributed by atoms with Crippen LogP contribution in [-0.4, -0.2) is 11.1 Å². The normalized spacial score (nSPS) is 8.45. The van der Waals surface area contributed by atoms with Crippen molar-refractivity contribution in [2.45, 2.75) is 0 Å². The molecule has 1 aromatic rings. The fourth-order valence-electron chi connectivity index (χ4n) is 0.497. The number of hydrogen-bond donors (Lipinski definition) is 1. The van der Waals surface area contributed by atoms with Gasteiger partial charge in [-0.15, -0.1) is 0 Å². The number of carboxylic acids is 1. The van der Waals surface area contributed by atoms with E-state index < -0.39 is 5.97 Å². The van der Waals surface area contributed by atoms with Crippen LogP contribution in [0.3, 0.4) is 0 Å². The molecule has 4 heteroatoms. The Morgan fingerprint density at radius 1 is 1.64 bits per heavy atom. The van der Waals surface area contributed by atoms with Crippen LogP contribution in [0.2, 0.25) is 0 Å². The van der Waals surface area contributed by atoms with Gasteiger partial charge in [0.2, 0.25) is 0 Å². The zero-order valence-electron chi connectivity index (χ0n) is 5.30. The van der Waals surface area contributed by atoms with Gasteiger partial charge in [-0.05, 0) is 18.1 Å².